The predicted molar refractivity (Wildman–Crippen MR) is 143 cm³/mol. The first-order valence-corrected chi connectivity index (χ1v) is 13.8. The Labute approximate surface area is 223 Å². The number of amides is 1. The molecule has 0 radical (unpaired) electrons. The van der Waals surface area contributed by atoms with Crippen LogP contribution in [0.1, 0.15) is 76.6 Å². The van der Waals surface area contributed by atoms with Crippen LogP contribution >= 0.6 is 0 Å². The van der Waals surface area contributed by atoms with Gasteiger partial charge in [-0.2, -0.15) is 0 Å². The van der Waals surface area contributed by atoms with E-state index >= 15 is 0 Å². The number of rotatable bonds is 12. The highest BCUT2D eigenvalue weighted by Gasteiger charge is 2.57. The number of carbonyl (C=O) groups is 2. The van der Waals surface area contributed by atoms with Crippen molar-refractivity contribution in [1.29, 1.82) is 0 Å². The van der Waals surface area contributed by atoms with Crippen molar-refractivity contribution in [3.05, 3.63) is 36.2 Å². The van der Waals surface area contributed by atoms with Crippen LogP contribution in [0, 0.1) is 11.3 Å². The minimum atomic E-state index is -0.385. The molecule has 1 aliphatic heterocycles. The molecule has 202 valence electrons. The standard InChI is InChI=1S/C29H37N5O4/c1-3-20(35)10-5-4-6-12-24(31-25(36)22-18-29(22)13-15-30-16-14-29)28-34-33-27(38-28)21-17-19-9-7-8-11-23(19)32-26(21)37-2/h7-9,11,17,22,24,30H,3-6,10,12-16,18H2,1-2H3,(H,31,36)/t22?,24-/m0/s1. The van der Waals surface area contributed by atoms with Crippen LogP contribution in [0.5, 0.6) is 5.88 Å². The number of unbranched alkanes of at least 4 members (excludes halogenated alkanes) is 2. The van der Waals surface area contributed by atoms with Gasteiger partial charge in [-0.1, -0.05) is 38.0 Å². The molecule has 3 aromatic rings. The molecule has 0 bridgehead atoms. The summed E-state index contributed by atoms with van der Waals surface area (Å²) < 4.78 is 11.7. The second-order valence-corrected chi connectivity index (χ2v) is 10.6. The largest absolute Gasteiger partial charge is 0.480 e. The highest BCUT2D eigenvalue weighted by molar-refractivity contribution is 5.85. The molecule has 1 saturated heterocycles. The number of hydrogen-bond donors (Lipinski definition) is 2. The SMILES string of the molecule is CCC(=O)CCCCC[C@H](NC(=O)C1CC12CCNCC2)c1nnc(-c2cc3ccccc3nc2OC)o1. The maximum atomic E-state index is 13.3. The first kappa shape index (κ1) is 26.3. The molecule has 1 aliphatic carbocycles. The summed E-state index contributed by atoms with van der Waals surface area (Å²) in [5, 5.41) is 16.2. The zero-order chi connectivity index (χ0) is 26.5. The maximum absolute atomic E-state index is 13.3. The molecular formula is C29H37N5O4. The van der Waals surface area contributed by atoms with E-state index in [0.717, 1.165) is 62.5 Å². The Kier molecular flexibility index (Phi) is 8.02. The lowest BCUT2D eigenvalue weighted by Gasteiger charge is -2.24. The summed E-state index contributed by atoms with van der Waals surface area (Å²) in [6.45, 7) is 3.84. The van der Waals surface area contributed by atoms with Crippen LogP contribution < -0.4 is 15.4 Å². The molecule has 1 spiro atoms. The van der Waals surface area contributed by atoms with Crippen LogP contribution in [0.2, 0.25) is 0 Å². The molecular weight excluding hydrogens is 482 g/mol. The third kappa shape index (κ3) is 5.72. The monoisotopic (exact) mass is 519 g/mol. The van der Waals surface area contributed by atoms with Gasteiger partial charge in [-0.05, 0) is 62.7 Å². The van der Waals surface area contributed by atoms with Gasteiger partial charge in [0.1, 0.15) is 17.4 Å². The van der Waals surface area contributed by atoms with E-state index in [9.17, 15) is 9.59 Å². The number of ether oxygens (including phenoxy) is 1. The van der Waals surface area contributed by atoms with Gasteiger partial charge in [0.05, 0.1) is 12.6 Å². The van der Waals surface area contributed by atoms with Crippen LogP contribution in [0.3, 0.4) is 0 Å². The first-order chi connectivity index (χ1) is 18.5. The molecule has 2 fully saturated rings. The van der Waals surface area contributed by atoms with Crippen molar-refractivity contribution in [3.8, 4) is 17.3 Å². The Morgan fingerprint density at radius 3 is 2.79 bits per heavy atom. The summed E-state index contributed by atoms with van der Waals surface area (Å²) in [7, 11) is 1.57. The number of piperidine rings is 1. The number of aromatic nitrogens is 3. The Hall–Kier alpha value is -3.33. The van der Waals surface area contributed by atoms with Gasteiger partial charge in [0.15, 0.2) is 0 Å². The number of ketones is 1. The molecule has 9 nitrogen and oxygen atoms in total. The number of para-hydroxylation sites is 1. The number of fused-ring (bicyclic) bond motifs is 1. The van der Waals surface area contributed by atoms with Crippen LogP contribution in [0.25, 0.3) is 22.4 Å². The van der Waals surface area contributed by atoms with Gasteiger partial charge in [0, 0.05) is 24.1 Å². The van der Waals surface area contributed by atoms with Crippen molar-refractivity contribution in [1.82, 2.24) is 25.8 Å². The fourth-order valence-corrected chi connectivity index (χ4v) is 5.64. The van der Waals surface area contributed by atoms with Crippen molar-refractivity contribution in [2.75, 3.05) is 20.2 Å². The molecule has 38 heavy (non-hydrogen) atoms. The van der Waals surface area contributed by atoms with E-state index in [1.165, 1.54) is 0 Å². The van der Waals surface area contributed by atoms with Crippen molar-refractivity contribution in [3.63, 3.8) is 0 Å². The van der Waals surface area contributed by atoms with Gasteiger partial charge in [-0.3, -0.25) is 9.59 Å². The lowest BCUT2D eigenvalue weighted by Crippen LogP contribution is -2.35. The van der Waals surface area contributed by atoms with Gasteiger partial charge in [0.25, 0.3) is 5.89 Å². The third-order valence-electron chi connectivity index (χ3n) is 8.12. The van der Waals surface area contributed by atoms with E-state index in [1.807, 2.05) is 37.3 Å². The fourth-order valence-electron chi connectivity index (χ4n) is 5.64. The minimum Gasteiger partial charge on any atom is -0.480 e. The van der Waals surface area contributed by atoms with Crippen molar-refractivity contribution in [2.24, 2.45) is 11.3 Å². The number of methoxy groups -OCH3 is 1. The molecule has 1 unspecified atom stereocenters. The van der Waals surface area contributed by atoms with E-state index < -0.39 is 0 Å². The average molecular weight is 520 g/mol. The molecule has 2 aliphatic rings. The number of Topliss-reactive ketones (excluding diaryl/α,β-unsaturated/α-hetero) is 1. The van der Waals surface area contributed by atoms with E-state index in [1.54, 1.807) is 7.11 Å². The molecule has 9 heteroatoms. The summed E-state index contributed by atoms with van der Waals surface area (Å²) in [5.74, 6) is 1.50. The van der Waals surface area contributed by atoms with Gasteiger partial charge in [0.2, 0.25) is 17.7 Å². The number of hydrogen-bond acceptors (Lipinski definition) is 8. The zero-order valence-electron chi connectivity index (χ0n) is 22.3. The number of pyridine rings is 1. The van der Waals surface area contributed by atoms with Crippen LogP contribution in [-0.4, -0.2) is 47.1 Å². The highest BCUT2D eigenvalue weighted by Crippen LogP contribution is 2.58. The number of nitrogens with one attached hydrogen (secondary N) is 2. The molecule has 2 N–H and O–H groups in total. The molecule has 2 atom stereocenters. The van der Waals surface area contributed by atoms with Gasteiger partial charge >= 0.3 is 0 Å². The lowest BCUT2D eigenvalue weighted by atomic mass is 9.91. The lowest BCUT2D eigenvalue weighted by molar-refractivity contribution is -0.124. The third-order valence-corrected chi connectivity index (χ3v) is 8.12. The number of benzene rings is 1. The summed E-state index contributed by atoms with van der Waals surface area (Å²) in [6, 6.07) is 9.32. The average Bonchev–Trinajstić information content (AvgIpc) is 3.40. The molecule has 1 amide bonds. The number of carbonyl (C=O) groups excluding carboxylic acids is 2. The first-order valence-electron chi connectivity index (χ1n) is 13.8. The van der Waals surface area contributed by atoms with Crippen LogP contribution in [0.15, 0.2) is 34.7 Å². The number of nitrogens with zero attached hydrogens (tertiary/aromatic N) is 3. The van der Waals surface area contributed by atoms with E-state index in [4.69, 9.17) is 9.15 Å². The normalized spacial score (nSPS) is 18.8. The van der Waals surface area contributed by atoms with E-state index in [2.05, 4.69) is 25.8 Å². The topological polar surface area (TPSA) is 119 Å². The second kappa shape index (κ2) is 11.6. The Bertz CT molecular complexity index is 1280. The summed E-state index contributed by atoms with van der Waals surface area (Å²) in [5.41, 5.74) is 1.57. The van der Waals surface area contributed by atoms with Crippen molar-refractivity contribution in [2.45, 2.75) is 70.8 Å². The quantitative estimate of drug-likeness (QED) is 0.329. The van der Waals surface area contributed by atoms with Crippen molar-refractivity contribution < 1.29 is 18.7 Å². The molecule has 2 aromatic heterocycles. The van der Waals surface area contributed by atoms with E-state index in [0.29, 0.717) is 42.5 Å². The second-order valence-electron chi connectivity index (χ2n) is 10.6. The predicted octanol–water partition coefficient (Wildman–Crippen LogP) is 4.77. The Morgan fingerprint density at radius 2 is 2.00 bits per heavy atom. The molecule has 3 heterocycles. The van der Waals surface area contributed by atoms with Crippen LogP contribution in [0.4, 0.5) is 0 Å². The maximum Gasteiger partial charge on any atom is 0.253 e. The molecule has 1 saturated carbocycles. The Balaban J connectivity index is 1.33. The summed E-state index contributed by atoms with van der Waals surface area (Å²) in [6.07, 6.45) is 7.48. The van der Waals surface area contributed by atoms with Gasteiger partial charge in [-0.25, -0.2) is 4.98 Å². The minimum absolute atomic E-state index is 0.0430. The fraction of sp³-hybridized carbons (Fsp3) is 0.552. The van der Waals surface area contributed by atoms with Crippen LogP contribution in [-0.2, 0) is 9.59 Å². The van der Waals surface area contributed by atoms with Gasteiger partial charge < -0.3 is 19.8 Å². The van der Waals surface area contributed by atoms with E-state index in [-0.39, 0.29) is 29.1 Å². The highest BCUT2D eigenvalue weighted by atomic mass is 16.5. The smallest absolute Gasteiger partial charge is 0.253 e. The zero-order valence-corrected chi connectivity index (χ0v) is 22.3. The summed E-state index contributed by atoms with van der Waals surface area (Å²) in [4.78, 5) is 29.6. The van der Waals surface area contributed by atoms with Crippen molar-refractivity contribution >= 4 is 22.6 Å². The summed E-state index contributed by atoms with van der Waals surface area (Å²) >= 11 is 0. The Morgan fingerprint density at radius 1 is 1.18 bits per heavy atom. The van der Waals surface area contributed by atoms with Gasteiger partial charge in [-0.15, -0.1) is 10.2 Å². The molecule has 5 rings (SSSR count). The molecule has 1 aromatic carbocycles.